The van der Waals surface area contributed by atoms with E-state index in [0.717, 1.165) is 0 Å². The lowest BCUT2D eigenvalue weighted by atomic mass is 10.2. The van der Waals surface area contributed by atoms with E-state index in [9.17, 15) is 19.2 Å². The van der Waals surface area contributed by atoms with Gasteiger partial charge in [-0.2, -0.15) is 0 Å². The van der Waals surface area contributed by atoms with Crippen molar-refractivity contribution in [3.05, 3.63) is 0 Å². The summed E-state index contributed by atoms with van der Waals surface area (Å²) < 4.78 is 4.67. The summed E-state index contributed by atoms with van der Waals surface area (Å²) in [5, 5.41) is 12.6. The average molecular weight is 274 g/mol. The van der Waals surface area contributed by atoms with E-state index in [1.54, 1.807) is 6.92 Å². The van der Waals surface area contributed by atoms with Crippen molar-refractivity contribution >= 4 is 23.9 Å². The van der Waals surface area contributed by atoms with Gasteiger partial charge in [0, 0.05) is 12.8 Å². The maximum Gasteiger partial charge on any atom is 0.328 e. The minimum absolute atomic E-state index is 0.0759. The Hall–Kier alpha value is -2.12. The zero-order chi connectivity index (χ0) is 14.8. The number of hydrogen-bond donors (Lipinski definition) is 3. The molecule has 0 spiro atoms. The van der Waals surface area contributed by atoms with Crippen LogP contribution in [0.15, 0.2) is 0 Å². The lowest BCUT2D eigenvalue weighted by molar-refractivity contribution is -0.145. The van der Waals surface area contributed by atoms with Gasteiger partial charge in [-0.15, -0.1) is 0 Å². The lowest BCUT2D eigenvalue weighted by Gasteiger charge is -2.12. The maximum atomic E-state index is 11.3. The molecule has 8 nitrogen and oxygen atoms in total. The molecule has 8 heteroatoms. The molecular weight excluding hydrogens is 256 g/mol. The molecule has 3 amide bonds. The van der Waals surface area contributed by atoms with Crippen LogP contribution in [0.1, 0.15) is 33.1 Å². The Balaban J connectivity index is 3.93. The van der Waals surface area contributed by atoms with Crippen molar-refractivity contribution in [3.8, 4) is 0 Å². The maximum absolute atomic E-state index is 11.3. The second-order valence-corrected chi connectivity index (χ2v) is 3.74. The fraction of sp³-hybridized carbons (Fsp3) is 0.636. The molecule has 0 saturated heterocycles. The van der Waals surface area contributed by atoms with Crippen LogP contribution in [0.3, 0.4) is 0 Å². The minimum atomic E-state index is -1.01. The largest absolute Gasteiger partial charge is 0.481 e. The van der Waals surface area contributed by atoms with Gasteiger partial charge in [0.25, 0.3) is 0 Å². The Labute approximate surface area is 110 Å². The summed E-state index contributed by atoms with van der Waals surface area (Å²) in [6, 6.07) is -1.69. The summed E-state index contributed by atoms with van der Waals surface area (Å²) in [7, 11) is 0. The molecule has 0 rings (SSSR count). The molecule has 1 atom stereocenters. The molecule has 0 bridgehead atoms. The number of nitrogens with one attached hydrogen (secondary N) is 2. The molecule has 0 aliphatic carbocycles. The second kappa shape index (κ2) is 8.90. The van der Waals surface area contributed by atoms with Crippen LogP contribution >= 0.6 is 0 Å². The van der Waals surface area contributed by atoms with E-state index in [1.165, 1.54) is 6.92 Å². The molecule has 19 heavy (non-hydrogen) atoms. The number of carbonyl (C=O) groups excluding carboxylic acids is 3. The van der Waals surface area contributed by atoms with E-state index in [-0.39, 0.29) is 25.9 Å². The molecule has 0 radical (unpaired) electrons. The van der Waals surface area contributed by atoms with Gasteiger partial charge in [-0.25, -0.2) is 9.59 Å². The number of carboxylic acids is 1. The fourth-order valence-corrected chi connectivity index (χ4v) is 1.15. The zero-order valence-corrected chi connectivity index (χ0v) is 10.9. The predicted octanol–water partition coefficient (Wildman–Crippen LogP) is 0.0187. The van der Waals surface area contributed by atoms with Crippen molar-refractivity contribution in [1.82, 2.24) is 10.6 Å². The number of rotatable bonds is 7. The smallest absolute Gasteiger partial charge is 0.328 e. The molecule has 1 unspecified atom stereocenters. The molecule has 0 aliphatic heterocycles. The first kappa shape index (κ1) is 16.9. The van der Waals surface area contributed by atoms with E-state index < -0.39 is 29.9 Å². The highest BCUT2D eigenvalue weighted by atomic mass is 16.5. The molecule has 0 saturated carbocycles. The molecule has 0 aliphatic rings. The third-order valence-corrected chi connectivity index (χ3v) is 2.04. The molecule has 0 aromatic carbocycles. The van der Waals surface area contributed by atoms with Crippen LogP contribution in [0, 0.1) is 0 Å². The molecule has 0 aromatic rings. The topological polar surface area (TPSA) is 122 Å². The van der Waals surface area contributed by atoms with Gasteiger partial charge in [0.1, 0.15) is 6.04 Å². The summed E-state index contributed by atoms with van der Waals surface area (Å²) in [6.45, 7) is 3.25. The van der Waals surface area contributed by atoms with Crippen molar-refractivity contribution in [1.29, 1.82) is 0 Å². The van der Waals surface area contributed by atoms with Gasteiger partial charge in [-0.1, -0.05) is 0 Å². The second-order valence-electron chi connectivity index (χ2n) is 3.74. The third-order valence-electron chi connectivity index (χ3n) is 2.04. The number of carbonyl (C=O) groups is 4. The van der Waals surface area contributed by atoms with Gasteiger partial charge in [0.15, 0.2) is 0 Å². The molecule has 3 N–H and O–H groups in total. The van der Waals surface area contributed by atoms with Crippen molar-refractivity contribution in [3.63, 3.8) is 0 Å². The van der Waals surface area contributed by atoms with E-state index in [1.807, 2.05) is 5.32 Å². The lowest BCUT2D eigenvalue weighted by Crippen LogP contribution is -2.46. The first-order chi connectivity index (χ1) is 8.86. The molecule has 0 heterocycles. The van der Waals surface area contributed by atoms with Gasteiger partial charge in [0.05, 0.1) is 6.61 Å². The number of carboxylic acid groups (broad SMARTS) is 1. The van der Waals surface area contributed by atoms with Crippen LogP contribution in [0.25, 0.3) is 0 Å². The number of ether oxygens (including phenoxy) is 1. The van der Waals surface area contributed by atoms with Gasteiger partial charge in [-0.3, -0.25) is 14.9 Å². The molecule has 0 fully saturated rings. The third kappa shape index (κ3) is 8.58. The Morgan fingerprint density at radius 3 is 2.37 bits per heavy atom. The normalized spacial score (nSPS) is 11.3. The molecule has 0 aromatic heterocycles. The van der Waals surface area contributed by atoms with Crippen LogP contribution in [-0.2, 0) is 19.1 Å². The van der Waals surface area contributed by atoms with Crippen LogP contribution < -0.4 is 10.6 Å². The van der Waals surface area contributed by atoms with Crippen molar-refractivity contribution in [2.75, 3.05) is 6.61 Å². The van der Waals surface area contributed by atoms with Crippen molar-refractivity contribution < 1.29 is 29.0 Å². The van der Waals surface area contributed by atoms with Crippen LogP contribution in [-0.4, -0.2) is 41.6 Å². The highest BCUT2D eigenvalue weighted by molar-refractivity contribution is 5.95. The zero-order valence-electron chi connectivity index (χ0n) is 10.9. The Morgan fingerprint density at radius 2 is 1.84 bits per heavy atom. The molecule has 108 valence electrons. The van der Waals surface area contributed by atoms with Gasteiger partial charge in [0.2, 0.25) is 5.91 Å². The summed E-state index contributed by atoms with van der Waals surface area (Å²) >= 11 is 0. The minimum Gasteiger partial charge on any atom is -0.481 e. The van der Waals surface area contributed by atoms with E-state index >= 15 is 0 Å². The Bertz CT molecular complexity index is 355. The highest BCUT2D eigenvalue weighted by Crippen LogP contribution is 1.95. The summed E-state index contributed by atoms with van der Waals surface area (Å²) in [5.41, 5.74) is 0. The SMILES string of the molecule is CCOC(=O)C(C)NC(=O)NC(=O)CCCC(=O)O. The highest BCUT2D eigenvalue weighted by Gasteiger charge is 2.17. The number of aliphatic carboxylic acids is 1. The van der Waals surface area contributed by atoms with E-state index in [2.05, 4.69) is 10.1 Å². The Kier molecular flexibility index (Phi) is 7.90. The summed E-state index contributed by atoms with van der Waals surface area (Å²) in [4.78, 5) is 44.0. The van der Waals surface area contributed by atoms with Gasteiger partial charge < -0.3 is 15.2 Å². The number of esters is 1. The average Bonchev–Trinajstić information content (AvgIpc) is 2.28. The number of urea groups is 1. The van der Waals surface area contributed by atoms with Crippen LogP contribution in [0.4, 0.5) is 4.79 Å². The predicted molar refractivity (Wildman–Crippen MR) is 64.3 cm³/mol. The fourth-order valence-electron chi connectivity index (χ4n) is 1.15. The first-order valence-corrected chi connectivity index (χ1v) is 5.85. The standard InChI is InChI=1S/C11H18N2O6/c1-3-19-10(17)7(2)12-11(18)13-8(14)5-4-6-9(15)16/h7H,3-6H2,1-2H3,(H,15,16)(H2,12,13,14,18). The van der Waals surface area contributed by atoms with E-state index in [4.69, 9.17) is 5.11 Å². The summed E-state index contributed by atoms with van der Waals surface area (Å²) in [6.07, 6.45) is -0.0797. The quantitative estimate of drug-likeness (QED) is 0.562. The monoisotopic (exact) mass is 274 g/mol. The van der Waals surface area contributed by atoms with Crippen molar-refractivity contribution in [2.24, 2.45) is 0 Å². The van der Waals surface area contributed by atoms with Gasteiger partial charge >= 0.3 is 18.0 Å². The Morgan fingerprint density at radius 1 is 1.21 bits per heavy atom. The molecular formula is C11H18N2O6. The van der Waals surface area contributed by atoms with E-state index in [0.29, 0.717) is 0 Å². The van der Waals surface area contributed by atoms with Crippen LogP contribution in [0.2, 0.25) is 0 Å². The first-order valence-electron chi connectivity index (χ1n) is 5.85. The number of amides is 3. The van der Waals surface area contributed by atoms with Crippen LogP contribution in [0.5, 0.6) is 0 Å². The number of hydrogen-bond acceptors (Lipinski definition) is 5. The van der Waals surface area contributed by atoms with Crippen molar-refractivity contribution in [2.45, 2.75) is 39.2 Å². The summed E-state index contributed by atoms with van der Waals surface area (Å²) in [5.74, 6) is -2.21. The van der Waals surface area contributed by atoms with Gasteiger partial charge in [-0.05, 0) is 20.3 Å². The number of imide groups is 1.